The number of aromatic nitrogens is 1. The highest BCUT2D eigenvalue weighted by atomic mass is 19.1. The van der Waals surface area contributed by atoms with Gasteiger partial charge < -0.3 is 21.3 Å². The molecule has 0 spiro atoms. The number of pyridine rings is 1. The van der Waals surface area contributed by atoms with Gasteiger partial charge in [-0.05, 0) is 12.8 Å². The van der Waals surface area contributed by atoms with Gasteiger partial charge in [0.05, 0.1) is 17.9 Å². The Kier molecular flexibility index (Phi) is 8.37. The number of aliphatic imine (C=N–C) groups is 1. The molecule has 2 aromatic rings. The van der Waals surface area contributed by atoms with E-state index < -0.39 is 17.5 Å². The van der Waals surface area contributed by atoms with Crippen LogP contribution in [0.25, 0.3) is 5.57 Å². The summed E-state index contributed by atoms with van der Waals surface area (Å²) >= 11 is 0. The number of benzene rings is 1. The molecule has 38 heavy (non-hydrogen) atoms. The van der Waals surface area contributed by atoms with Crippen molar-refractivity contribution in [3.05, 3.63) is 72.5 Å². The van der Waals surface area contributed by atoms with Crippen molar-refractivity contribution >= 4 is 34.6 Å². The minimum atomic E-state index is -0.943. The number of nitrogens with two attached hydrogens (primary N) is 3. The van der Waals surface area contributed by atoms with Gasteiger partial charge in [-0.15, -0.1) is 0 Å². The van der Waals surface area contributed by atoms with Crippen LogP contribution >= 0.6 is 0 Å². The van der Waals surface area contributed by atoms with Gasteiger partial charge in [-0.1, -0.05) is 49.8 Å². The second-order valence-electron chi connectivity index (χ2n) is 9.31. The van der Waals surface area contributed by atoms with Crippen LogP contribution < -0.4 is 22.3 Å². The van der Waals surface area contributed by atoms with Crippen LogP contribution in [0.1, 0.15) is 36.8 Å². The normalized spacial score (nSPS) is 16.7. The highest BCUT2D eigenvalue weighted by molar-refractivity contribution is 6.53. The number of amidine groups is 1. The van der Waals surface area contributed by atoms with Crippen molar-refractivity contribution in [3.8, 4) is 0 Å². The van der Waals surface area contributed by atoms with E-state index in [1.54, 1.807) is 0 Å². The van der Waals surface area contributed by atoms with E-state index in [4.69, 9.17) is 22.3 Å². The van der Waals surface area contributed by atoms with Gasteiger partial charge in [0.1, 0.15) is 5.84 Å². The SMILES string of the molecule is C=C(C(=O)C(=O)N1CCN(C(=NC2CCCC2)c2ccccc2)CC1)c1c(F)cnc(N(N)/C=C\N)c1N. The van der Waals surface area contributed by atoms with Crippen LogP contribution in [-0.4, -0.2) is 64.5 Å². The summed E-state index contributed by atoms with van der Waals surface area (Å²) in [6, 6.07) is 10.3. The maximum absolute atomic E-state index is 14.7. The molecule has 200 valence electrons. The van der Waals surface area contributed by atoms with Gasteiger partial charge in [0, 0.05) is 55.3 Å². The highest BCUT2D eigenvalue weighted by Gasteiger charge is 2.32. The van der Waals surface area contributed by atoms with E-state index in [0.717, 1.165) is 41.6 Å². The molecule has 1 amide bonds. The van der Waals surface area contributed by atoms with Gasteiger partial charge in [-0.3, -0.25) is 19.6 Å². The number of carbonyl (C=O) groups is 2. The Morgan fingerprint density at radius 1 is 1.11 bits per heavy atom. The smallest absolute Gasteiger partial charge is 0.295 e. The Morgan fingerprint density at radius 2 is 1.74 bits per heavy atom. The number of ketones is 1. The molecule has 2 fully saturated rings. The fraction of sp³-hybridized carbons (Fsp3) is 0.333. The van der Waals surface area contributed by atoms with Crippen LogP contribution in [0.5, 0.6) is 0 Å². The van der Waals surface area contributed by atoms with Gasteiger partial charge in [-0.2, -0.15) is 0 Å². The zero-order valence-electron chi connectivity index (χ0n) is 21.2. The summed E-state index contributed by atoms with van der Waals surface area (Å²) in [5, 5.41) is 0.981. The number of carbonyl (C=O) groups excluding carboxylic acids is 2. The molecule has 10 nitrogen and oxygen atoms in total. The summed E-state index contributed by atoms with van der Waals surface area (Å²) in [6.45, 7) is 5.31. The first-order chi connectivity index (χ1) is 18.3. The molecule has 0 unspecified atom stereocenters. The van der Waals surface area contributed by atoms with Crippen LogP contribution in [0.2, 0.25) is 0 Å². The van der Waals surface area contributed by atoms with Crippen molar-refractivity contribution in [2.24, 2.45) is 16.6 Å². The lowest BCUT2D eigenvalue weighted by Gasteiger charge is -2.36. The third kappa shape index (κ3) is 5.67. The monoisotopic (exact) mass is 520 g/mol. The highest BCUT2D eigenvalue weighted by Crippen LogP contribution is 2.31. The van der Waals surface area contributed by atoms with Crippen LogP contribution in [0.15, 0.2) is 60.5 Å². The van der Waals surface area contributed by atoms with Crippen molar-refractivity contribution in [3.63, 3.8) is 0 Å². The zero-order valence-corrected chi connectivity index (χ0v) is 21.2. The Hall–Kier alpha value is -4.25. The van der Waals surface area contributed by atoms with E-state index >= 15 is 0 Å². The fourth-order valence-corrected chi connectivity index (χ4v) is 4.81. The molecule has 1 saturated carbocycles. The number of amides is 1. The van der Waals surface area contributed by atoms with Crippen LogP contribution in [0.3, 0.4) is 0 Å². The Balaban J connectivity index is 1.47. The average Bonchev–Trinajstić information content (AvgIpc) is 3.45. The summed E-state index contributed by atoms with van der Waals surface area (Å²) in [4.78, 5) is 38.7. The second-order valence-corrected chi connectivity index (χ2v) is 9.31. The summed E-state index contributed by atoms with van der Waals surface area (Å²) in [6.07, 6.45) is 7.79. The molecule has 6 N–H and O–H groups in total. The molecule has 1 aliphatic carbocycles. The number of hydrogen-bond acceptors (Lipinski definition) is 8. The minimum Gasteiger partial charge on any atom is -0.403 e. The number of hydrazine groups is 1. The average molecular weight is 521 g/mol. The molecule has 0 radical (unpaired) electrons. The topological polar surface area (TPSA) is 147 Å². The van der Waals surface area contributed by atoms with E-state index in [2.05, 4.69) is 16.5 Å². The number of rotatable bonds is 7. The molecule has 2 aliphatic rings. The fourth-order valence-electron chi connectivity index (χ4n) is 4.81. The summed E-state index contributed by atoms with van der Waals surface area (Å²) in [5.74, 6) is 4.09. The van der Waals surface area contributed by atoms with Crippen LogP contribution in [0.4, 0.5) is 15.9 Å². The van der Waals surface area contributed by atoms with Gasteiger partial charge >= 0.3 is 0 Å². The second kappa shape index (κ2) is 11.9. The van der Waals surface area contributed by atoms with Crippen molar-refractivity contribution < 1.29 is 14.0 Å². The molecular formula is C27H33FN8O2. The molecule has 11 heteroatoms. The number of nitrogen functional groups attached to an aromatic ring is 1. The minimum absolute atomic E-state index is 0.0342. The maximum atomic E-state index is 14.7. The molecule has 1 aromatic carbocycles. The van der Waals surface area contributed by atoms with Crippen LogP contribution in [-0.2, 0) is 9.59 Å². The first-order valence-corrected chi connectivity index (χ1v) is 12.6. The van der Waals surface area contributed by atoms with Gasteiger partial charge in [0.2, 0.25) is 0 Å². The third-order valence-electron chi connectivity index (χ3n) is 6.84. The number of anilines is 2. The third-order valence-corrected chi connectivity index (χ3v) is 6.84. The lowest BCUT2D eigenvalue weighted by atomic mass is 10.0. The van der Waals surface area contributed by atoms with E-state index in [1.807, 2.05) is 30.3 Å². The molecular weight excluding hydrogens is 487 g/mol. The van der Waals surface area contributed by atoms with Crippen molar-refractivity contribution in [1.82, 2.24) is 14.8 Å². The quantitative estimate of drug-likeness (QED) is 0.125. The lowest BCUT2D eigenvalue weighted by molar-refractivity contribution is -0.142. The molecule has 0 atom stereocenters. The van der Waals surface area contributed by atoms with Gasteiger partial charge in [-0.25, -0.2) is 15.2 Å². The van der Waals surface area contributed by atoms with Crippen molar-refractivity contribution in [2.75, 3.05) is 36.9 Å². The zero-order chi connectivity index (χ0) is 27.2. The molecule has 1 saturated heterocycles. The van der Waals surface area contributed by atoms with Crippen LogP contribution in [0, 0.1) is 5.82 Å². The Bertz CT molecular complexity index is 1250. The van der Waals surface area contributed by atoms with E-state index in [-0.39, 0.29) is 22.6 Å². The van der Waals surface area contributed by atoms with Crippen molar-refractivity contribution in [1.29, 1.82) is 0 Å². The van der Waals surface area contributed by atoms with Gasteiger partial charge in [0.15, 0.2) is 11.6 Å². The number of halogens is 1. The first kappa shape index (κ1) is 26.8. The van der Waals surface area contributed by atoms with E-state index in [0.29, 0.717) is 32.2 Å². The largest absolute Gasteiger partial charge is 0.403 e. The molecule has 4 rings (SSSR count). The number of Topliss-reactive ketones (excluding diaryl/α,β-unsaturated/α-hetero) is 1. The lowest BCUT2D eigenvalue weighted by Crippen LogP contribution is -2.52. The number of hydrogen-bond donors (Lipinski definition) is 3. The Labute approximate surface area is 221 Å². The number of piperazine rings is 1. The molecule has 1 aromatic heterocycles. The summed E-state index contributed by atoms with van der Waals surface area (Å²) < 4.78 is 14.7. The first-order valence-electron chi connectivity index (χ1n) is 12.6. The predicted octanol–water partition coefficient (Wildman–Crippen LogP) is 2.03. The van der Waals surface area contributed by atoms with Crippen molar-refractivity contribution in [2.45, 2.75) is 31.7 Å². The molecule has 0 bridgehead atoms. The predicted molar refractivity (Wildman–Crippen MR) is 146 cm³/mol. The standard InChI is InChI=1S/C27H33FN8O2/c1-18(22-21(28)17-32-26(23(22)30)36(31)12-11-29)24(37)27(38)35-15-13-34(14-16-35)25(19-7-3-2-4-8-19)33-20-9-5-6-10-20/h2-4,7-8,11-12,17,20H,1,5-6,9-10,13-16,29-31H2/b12-11-,33-25?. The number of nitrogens with zero attached hydrogens (tertiary/aromatic N) is 5. The van der Waals surface area contributed by atoms with E-state index in [1.165, 1.54) is 23.9 Å². The molecule has 2 heterocycles. The summed E-state index contributed by atoms with van der Waals surface area (Å²) in [7, 11) is 0. The Morgan fingerprint density at radius 3 is 2.37 bits per heavy atom. The summed E-state index contributed by atoms with van der Waals surface area (Å²) in [5.41, 5.74) is 11.5. The maximum Gasteiger partial charge on any atom is 0.295 e. The van der Waals surface area contributed by atoms with Gasteiger partial charge in [0.25, 0.3) is 11.7 Å². The molecule has 1 aliphatic heterocycles. The van der Waals surface area contributed by atoms with E-state index in [9.17, 15) is 14.0 Å².